The molecule has 0 rings (SSSR count). The lowest BCUT2D eigenvalue weighted by molar-refractivity contribution is -0.145. The number of nitrogens with zero attached hydrogens (tertiary/aromatic N) is 2. The van der Waals surface area contributed by atoms with Crippen LogP contribution >= 0.6 is 0 Å². The minimum Gasteiger partial charge on any atom is -0.467 e. The van der Waals surface area contributed by atoms with Gasteiger partial charge in [-0.05, 0) is 27.2 Å². The molecule has 96 valence electrons. The molecule has 0 aromatic carbocycles. The van der Waals surface area contributed by atoms with Crippen LogP contribution in [0.15, 0.2) is 0 Å². The summed E-state index contributed by atoms with van der Waals surface area (Å²) in [6, 6.07) is -0.945. The average molecular weight is 242 g/mol. The number of nitriles is 1. The topological polar surface area (TPSA) is 79.6 Å². The fraction of sp³-hybridized carbons (Fsp3) is 0.727. The number of esters is 1. The Kier molecular flexibility index (Phi) is 5.45. The van der Waals surface area contributed by atoms with Gasteiger partial charge in [-0.15, -0.1) is 0 Å². The van der Waals surface area contributed by atoms with Crippen molar-refractivity contribution in [2.45, 2.75) is 45.8 Å². The quantitative estimate of drug-likeness (QED) is 0.427. The Hall–Kier alpha value is -1.77. The van der Waals surface area contributed by atoms with Gasteiger partial charge < -0.3 is 9.47 Å². The number of carbonyl (C=O) groups is 2. The molecular formula is C11H18N2O4. The standard InChI is InChI=1S/C11H18N2O4/c1-6-8(9(14)16-5)13(7-12)10(15)17-11(2,3)4/h8H,6H2,1-5H3. The summed E-state index contributed by atoms with van der Waals surface area (Å²) >= 11 is 0. The van der Waals surface area contributed by atoms with E-state index in [9.17, 15) is 9.59 Å². The molecule has 0 aliphatic carbocycles. The van der Waals surface area contributed by atoms with Crippen LogP contribution in [0.4, 0.5) is 4.79 Å². The second-order valence-corrected chi connectivity index (χ2v) is 4.40. The van der Waals surface area contributed by atoms with E-state index in [0.717, 1.165) is 0 Å². The van der Waals surface area contributed by atoms with Crippen LogP contribution in [0.25, 0.3) is 0 Å². The molecule has 1 unspecified atom stereocenters. The zero-order valence-electron chi connectivity index (χ0n) is 10.8. The van der Waals surface area contributed by atoms with E-state index in [0.29, 0.717) is 4.90 Å². The Morgan fingerprint density at radius 1 is 1.41 bits per heavy atom. The molecule has 1 amide bonds. The largest absolute Gasteiger partial charge is 0.467 e. The maximum atomic E-state index is 11.7. The van der Waals surface area contributed by atoms with Crippen LogP contribution in [0.3, 0.4) is 0 Å². The lowest BCUT2D eigenvalue weighted by Gasteiger charge is -2.26. The predicted octanol–water partition coefficient (Wildman–Crippen LogP) is 1.66. The van der Waals surface area contributed by atoms with Crippen molar-refractivity contribution < 1.29 is 19.1 Å². The van der Waals surface area contributed by atoms with Crippen LogP contribution in [0.5, 0.6) is 0 Å². The van der Waals surface area contributed by atoms with E-state index in [4.69, 9.17) is 10.00 Å². The number of rotatable bonds is 3. The Morgan fingerprint density at radius 2 is 1.94 bits per heavy atom. The van der Waals surface area contributed by atoms with E-state index in [-0.39, 0.29) is 6.42 Å². The molecule has 0 N–H and O–H groups in total. The van der Waals surface area contributed by atoms with E-state index in [1.165, 1.54) is 7.11 Å². The van der Waals surface area contributed by atoms with Gasteiger partial charge in [0.25, 0.3) is 0 Å². The predicted molar refractivity (Wildman–Crippen MR) is 59.8 cm³/mol. The van der Waals surface area contributed by atoms with Crippen LogP contribution in [0.2, 0.25) is 0 Å². The molecule has 6 nitrogen and oxygen atoms in total. The molecule has 0 aliphatic heterocycles. The second kappa shape index (κ2) is 6.09. The zero-order valence-corrected chi connectivity index (χ0v) is 10.8. The van der Waals surface area contributed by atoms with Crippen LogP contribution in [0, 0.1) is 11.5 Å². The van der Waals surface area contributed by atoms with Crippen molar-refractivity contribution in [3.8, 4) is 6.19 Å². The number of carbonyl (C=O) groups excluding carboxylic acids is 2. The van der Waals surface area contributed by atoms with Crippen LogP contribution in [-0.2, 0) is 14.3 Å². The first-order chi connectivity index (χ1) is 7.76. The molecule has 1 atom stereocenters. The summed E-state index contributed by atoms with van der Waals surface area (Å²) in [4.78, 5) is 23.8. The van der Waals surface area contributed by atoms with Gasteiger partial charge in [-0.2, -0.15) is 10.2 Å². The minimum atomic E-state index is -0.945. The SMILES string of the molecule is CCC(C(=O)OC)N(C#N)C(=O)OC(C)(C)C. The molecule has 0 saturated heterocycles. The highest BCUT2D eigenvalue weighted by molar-refractivity contribution is 5.82. The molecule has 0 spiro atoms. The van der Waals surface area contributed by atoms with Gasteiger partial charge in [0.15, 0.2) is 6.19 Å². The molecule has 0 bridgehead atoms. The molecule has 0 saturated carbocycles. The number of methoxy groups -OCH3 is 1. The Labute approximate surface area is 101 Å². The summed E-state index contributed by atoms with van der Waals surface area (Å²) in [6.45, 7) is 6.72. The van der Waals surface area contributed by atoms with Gasteiger partial charge in [-0.1, -0.05) is 6.92 Å². The zero-order chi connectivity index (χ0) is 13.6. The first kappa shape index (κ1) is 15.2. The number of amides is 1. The molecular weight excluding hydrogens is 224 g/mol. The average Bonchev–Trinajstić information content (AvgIpc) is 2.21. The Balaban J connectivity index is 4.88. The summed E-state index contributed by atoms with van der Waals surface area (Å²) in [5, 5.41) is 8.91. The van der Waals surface area contributed by atoms with Crippen LogP contribution in [0.1, 0.15) is 34.1 Å². The Bertz CT molecular complexity index is 327. The normalized spacial score (nSPS) is 12.2. The second-order valence-electron chi connectivity index (χ2n) is 4.40. The summed E-state index contributed by atoms with van der Waals surface area (Å²) in [6.07, 6.45) is 1.08. The highest BCUT2D eigenvalue weighted by Crippen LogP contribution is 2.13. The van der Waals surface area contributed by atoms with Crippen molar-refractivity contribution in [1.29, 1.82) is 5.26 Å². The molecule has 0 heterocycles. The van der Waals surface area contributed by atoms with Gasteiger partial charge >= 0.3 is 12.1 Å². The third-order valence-electron chi connectivity index (χ3n) is 1.87. The summed E-state index contributed by atoms with van der Waals surface area (Å²) in [5.74, 6) is -0.639. The van der Waals surface area contributed by atoms with Crippen molar-refractivity contribution in [3.63, 3.8) is 0 Å². The van der Waals surface area contributed by atoms with Crippen LogP contribution < -0.4 is 0 Å². The van der Waals surface area contributed by atoms with Crippen LogP contribution in [-0.4, -0.2) is 35.7 Å². The minimum absolute atomic E-state index is 0.277. The molecule has 0 aromatic rings. The van der Waals surface area contributed by atoms with Gasteiger partial charge in [0.1, 0.15) is 11.6 Å². The molecule has 0 aliphatic rings. The monoisotopic (exact) mass is 242 g/mol. The van der Waals surface area contributed by atoms with Gasteiger partial charge in [0, 0.05) is 0 Å². The van der Waals surface area contributed by atoms with Crippen molar-refractivity contribution in [3.05, 3.63) is 0 Å². The van der Waals surface area contributed by atoms with Gasteiger partial charge in [0.2, 0.25) is 0 Å². The van der Waals surface area contributed by atoms with E-state index >= 15 is 0 Å². The first-order valence-corrected chi connectivity index (χ1v) is 5.26. The van der Waals surface area contributed by atoms with Crippen molar-refractivity contribution in [2.24, 2.45) is 0 Å². The van der Waals surface area contributed by atoms with Gasteiger partial charge in [0.05, 0.1) is 7.11 Å². The van der Waals surface area contributed by atoms with E-state index < -0.39 is 23.7 Å². The summed E-state index contributed by atoms with van der Waals surface area (Å²) in [5.41, 5.74) is -0.722. The van der Waals surface area contributed by atoms with Gasteiger partial charge in [-0.25, -0.2) is 9.59 Å². The molecule has 6 heteroatoms. The smallest absolute Gasteiger partial charge is 0.424 e. The first-order valence-electron chi connectivity index (χ1n) is 5.26. The maximum absolute atomic E-state index is 11.7. The third-order valence-corrected chi connectivity index (χ3v) is 1.87. The highest BCUT2D eigenvalue weighted by Gasteiger charge is 2.32. The molecule has 17 heavy (non-hydrogen) atoms. The van der Waals surface area contributed by atoms with Gasteiger partial charge in [-0.3, -0.25) is 0 Å². The lowest BCUT2D eigenvalue weighted by atomic mass is 10.2. The number of hydrogen-bond acceptors (Lipinski definition) is 5. The lowest BCUT2D eigenvalue weighted by Crippen LogP contribution is -2.44. The van der Waals surface area contributed by atoms with E-state index in [1.807, 2.05) is 0 Å². The van der Waals surface area contributed by atoms with Crippen molar-refractivity contribution in [1.82, 2.24) is 4.90 Å². The summed E-state index contributed by atoms with van der Waals surface area (Å²) < 4.78 is 9.55. The van der Waals surface area contributed by atoms with Crippen molar-refractivity contribution >= 4 is 12.1 Å². The molecule has 0 aromatic heterocycles. The molecule has 0 fully saturated rings. The fourth-order valence-electron chi connectivity index (χ4n) is 1.14. The summed E-state index contributed by atoms with van der Waals surface area (Å²) in [7, 11) is 1.20. The van der Waals surface area contributed by atoms with Crippen molar-refractivity contribution in [2.75, 3.05) is 7.11 Å². The third kappa shape index (κ3) is 4.72. The van der Waals surface area contributed by atoms with E-state index in [1.54, 1.807) is 33.9 Å². The number of ether oxygens (including phenoxy) is 2. The maximum Gasteiger partial charge on any atom is 0.424 e. The molecule has 0 radical (unpaired) electrons. The fourth-order valence-corrected chi connectivity index (χ4v) is 1.14. The number of hydrogen-bond donors (Lipinski definition) is 0. The Morgan fingerprint density at radius 3 is 2.24 bits per heavy atom. The highest BCUT2D eigenvalue weighted by atomic mass is 16.6. The van der Waals surface area contributed by atoms with E-state index in [2.05, 4.69) is 4.74 Å².